The molecule has 0 saturated heterocycles. The standard InChI is InChI=1S/C24H26N6O2/c1-15-18(16-9-11-17(12-10-16)26-23(31)32-24(2,3)4)13-14-21-28-22(29-30(15)21)27-20-8-6-5-7-19(20)25/h5-14H,25H2,1-4H3,(H,26,31)(H,27,29). The van der Waals surface area contributed by atoms with Crippen molar-refractivity contribution in [2.75, 3.05) is 16.4 Å². The van der Waals surface area contributed by atoms with E-state index in [1.807, 2.05) is 88.4 Å². The van der Waals surface area contributed by atoms with Crippen LogP contribution in [0.4, 0.5) is 27.8 Å². The summed E-state index contributed by atoms with van der Waals surface area (Å²) in [6.07, 6.45) is -0.482. The molecule has 2 aromatic heterocycles. The van der Waals surface area contributed by atoms with Crippen molar-refractivity contribution in [2.24, 2.45) is 0 Å². The summed E-state index contributed by atoms with van der Waals surface area (Å²) in [5.74, 6) is 0.472. The van der Waals surface area contributed by atoms with Gasteiger partial charge in [0.15, 0.2) is 5.65 Å². The number of anilines is 4. The second-order valence-electron chi connectivity index (χ2n) is 8.45. The molecule has 4 aromatic rings. The summed E-state index contributed by atoms with van der Waals surface area (Å²) in [6.45, 7) is 7.47. The Kier molecular flexibility index (Phi) is 5.44. The third-order valence-corrected chi connectivity index (χ3v) is 4.79. The fourth-order valence-corrected chi connectivity index (χ4v) is 3.32. The minimum Gasteiger partial charge on any atom is -0.444 e. The van der Waals surface area contributed by atoms with Gasteiger partial charge in [-0.3, -0.25) is 5.32 Å². The van der Waals surface area contributed by atoms with E-state index in [1.54, 1.807) is 4.52 Å². The lowest BCUT2D eigenvalue weighted by Crippen LogP contribution is -2.27. The molecule has 0 aliphatic heterocycles. The molecule has 0 aliphatic carbocycles. The lowest BCUT2D eigenvalue weighted by Gasteiger charge is -2.19. The number of amides is 1. The van der Waals surface area contributed by atoms with Crippen molar-refractivity contribution in [1.29, 1.82) is 0 Å². The van der Waals surface area contributed by atoms with Crippen molar-refractivity contribution in [3.05, 3.63) is 66.4 Å². The van der Waals surface area contributed by atoms with Crippen molar-refractivity contribution >= 4 is 34.8 Å². The number of nitrogens with two attached hydrogens (primary N) is 1. The fourth-order valence-electron chi connectivity index (χ4n) is 3.32. The van der Waals surface area contributed by atoms with Crippen molar-refractivity contribution in [2.45, 2.75) is 33.3 Å². The van der Waals surface area contributed by atoms with Gasteiger partial charge in [-0.15, -0.1) is 5.10 Å². The van der Waals surface area contributed by atoms with Gasteiger partial charge in [-0.2, -0.15) is 4.98 Å². The Morgan fingerprint density at radius 1 is 1.03 bits per heavy atom. The zero-order valence-electron chi connectivity index (χ0n) is 18.5. The summed E-state index contributed by atoms with van der Waals surface area (Å²) in [5, 5.41) is 10.5. The number of aryl methyl sites for hydroxylation is 1. The molecule has 164 valence electrons. The summed E-state index contributed by atoms with van der Waals surface area (Å²) in [7, 11) is 0. The summed E-state index contributed by atoms with van der Waals surface area (Å²) >= 11 is 0. The third kappa shape index (κ3) is 4.64. The molecule has 0 atom stereocenters. The van der Waals surface area contributed by atoms with Gasteiger partial charge in [-0.1, -0.05) is 24.3 Å². The van der Waals surface area contributed by atoms with Crippen molar-refractivity contribution in [3.63, 3.8) is 0 Å². The second kappa shape index (κ2) is 8.22. The number of aromatic nitrogens is 3. The molecule has 0 bridgehead atoms. The van der Waals surface area contributed by atoms with E-state index in [4.69, 9.17) is 10.5 Å². The average Bonchev–Trinajstić information content (AvgIpc) is 3.13. The van der Waals surface area contributed by atoms with Crippen LogP contribution in [0.15, 0.2) is 60.7 Å². The quantitative estimate of drug-likeness (QED) is 0.375. The number of ether oxygens (including phenoxy) is 1. The Morgan fingerprint density at radius 2 is 1.75 bits per heavy atom. The molecule has 0 fully saturated rings. The minimum atomic E-state index is -0.547. The van der Waals surface area contributed by atoms with Gasteiger partial charge in [0.05, 0.1) is 11.4 Å². The molecule has 1 amide bonds. The minimum absolute atomic E-state index is 0.472. The van der Waals surface area contributed by atoms with Gasteiger partial charge in [0.1, 0.15) is 5.60 Å². The fraction of sp³-hybridized carbons (Fsp3) is 0.208. The maximum Gasteiger partial charge on any atom is 0.412 e. The number of benzene rings is 2. The number of pyridine rings is 1. The van der Waals surface area contributed by atoms with Crippen LogP contribution in [0.25, 0.3) is 16.8 Å². The molecule has 2 heterocycles. The van der Waals surface area contributed by atoms with Crippen LogP contribution in [0.2, 0.25) is 0 Å². The lowest BCUT2D eigenvalue weighted by molar-refractivity contribution is 0.0636. The highest BCUT2D eigenvalue weighted by molar-refractivity contribution is 5.85. The maximum atomic E-state index is 12.0. The largest absolute Gasteiger partial charge is 0.444 e. The molecule has 0 radical (unpaired) electrons. The molecule has 4 N–H and O–H groups in total. The zero-order chi connectivity index (χ0) is 22.9. The van der Waals surface area contributed by atoms with E-state index in [0.29, 0.717) is 17.3 Å². The Balaban J connectivity index is 1.56. The van der Waals surface area contributed by atoms with Crippen LogP contribution < -0.4 is 16.4 Å². The van der Waals surface area contributed by atoms with Crippen LogP contribution in [0.1, 0.15) is 26.5 Å². The molecule has 0 aliphatic rings. The number of rotatable bonds is 4. The molecular weight excluding hydrogens is 404 g/mol. The van der Waals surface area contributed by atoms with Gasteiger partial charge >= 0.3 is 6.09 Å². The van der Waals surface area contributed by atoms with E-state index in [2.05, 4.69) is 20.7 Å². The highest BCUT2D eigenvalue weighted by Crippen LogP contribution is 2.27. The molecule has 4 rings (SSSR count). The topological polar surface area (TPSA) is 107 Å². The molecule has 0 spiro atoms. The number of nitrogens with one attached hydrogen (secondary N) is 2. The van der Waals surface area contributed by atoms with Crippen LogP contribution in [-0.4, -0.2) is 26.3 Å². The molecule has 32 heavy (non-hydrogen) atoms. The predicted octanol–water partition coefficient (Wildman–Crippen LogP) is 5.38. The average molecular weight is 431 g/mol. The molecule has 0 unspecified atom stereocenters. The lowest BCUT2D eigenvalue weighted by atomic mass is 10.0. The van der Waals surface area contributed by atoms with Gasteiger partial charge in [0.2, 0.25) is 5.95 Å². The molecule has 0 saturated carbocycles. The van der Waals surface area contributed by atoms with E-state index in [9.17, 15) is 4.79 Å². The summed E-state index contributed by atoms with van der Waals surface area (Å²) < 4.78 is 7.09. The summed E-state index contributed by atoms with van der Waals surface area (Å²) in [4.78, 5) is 16.5. The van der Waals surface area contributed by atoms with Crippen molar-refractivity contribution in [1.82, 2.24) is 14.6 Å². The monoisotopic (exact) mass is 430 g/mol. The zero-order valence-corrected chi connectivity index (χ0v) is 18.5. The first-order chi connectivity index (χ1) is 15.2. The number of carbonyl (C=O) groups is 1. The summed E-state index contributed by atoms with van der Waals surface area (Å²) in [5.41, 5.74) is 11.2. The van der Waals surface area contributed by atoms with Crippen LogP contribution in [0, 0.1) is 6.92 Å². The molecule has 8 heteroatoms. The normalized spacial score (nSPS) is 11.4. The van der Waals surface area contributed by atoms with Crippen molar-refractivity contribution < 1.29 is 9.53 Å². The number of nitrogen functional groups attached to an aromatic ring is 1. The van der Waals surface area contributed by atoms with Crippen LogP contribution in [0.5, 0.6) is 0 Å². The first kappa shape index (κ1) is 21.2. The SMILES string of the molecule is Cc1c(-c2ccc(NC(=O)OC(C)(C)C)cc2)ccc2nc(Nc3ccccc3N)nn12. The molecule has 2 aromatic carbocycles. The predicted molar refractivity (Wildman–Crippen MR) is 127 cm³/mol. The van der Waals surface area contributed by atoms with E-state index < -0.39 is 11.7 Å². The Labute approximate surface area is 186 Å². The van der Waals surface area contributed by atoms with Crippen molar-refractivity contribution in [3.8, 4) is 11.1 Å². The number of para-hydroxylation sites is 2. The highest BCUT2D eigenvalue weighted by Gasteiger charge is 2.16. The highest BCUT2D eigenvalue weighted by atomic mass is 16.6. The number of nitrogens with zero attached hydrogens (tertiary/aromatic N) is 3. The van der Waals surface area contributed by atoms with E-state index in [0.717, 1.165) is 28.2 Å². The number of carbonyl (C=O) groups excluding carboxylic acids is 1. The van der Waals surface area contributed by atoms with E-state index in [-0.39, 0.29) is 0 Å². The summed E-state index contributed by atoms with van der Waals surface area (Å²) in [6, 6.07) is 19.0. The molecular formula is C24H26N6O2. The van der Waals surface area contributed by atoms with Gasteiger partial charge in [0.25, 0.3) is 0 Å². The second-order valence-corrected chi connectivity index (χ2v) is 8.45. The smallest absolute Gasteiger partial charge is 0.412 e. The Morgan fingerprint density at radius 3 is 2.44 bits per heavy atom. The van der Waals surface area contributed by atoms with Gasteiger partial charge in [-0.25, -0.2) is 9.31 Å². The first-order valence-corrected chi connectivity index (χ1v) is 10.3. The van der Waals surface area contributed by atoms with Crippen LogP contribution in [-0.2, 0) is 4.74 Å². The van der Waals surface area contributed by atoms with E-state index >= 15 is 0 Å². The first-order valence-electron chi connectivity index (χ1n) is 10.3. The third-order valence-electron chi connectivity index (χ3n) is 4.79. The number of hydrogen-bond acceptors (Lipinski definition) is 6. The molecule has 8 nitrogen and oxygen atoms in total. The van der Waals surface area contributed by atoms with Gasteiger partial charge in [0, 0.05) is 16.9 Å². The Hall–Kier alpha value is -4.07. The van der Waals surface area contributed by atoms with Crippen LogP contribution >= 0.6 is 0 Å². The number of hydrogen-bond donors (Lipinski definition) is 3. The number of fused-ring (bicyclic) bond motifs is 1. The van der Waals surface area contributed by atoms with E-state index in [1.165, 1.54) is 0 Å². The van der Waals surface area contributed by atoms with Crippen LogP contribution in [0.3, 0.4) is 0 Å². The Bertz CT molecular complexity index is 1270. The van der Waals surface area contributed by atoms with Gasteiger partial charge < -0.3 is 15.8 Å². The maximum absolute atomic E-state index is 12.0. The van der Waals surface area contributed by atoms with Gasteiger partial charge in [-0.05, 0) is 69.7 Å².